The number of rotatable bonds is 6. The standard InChI is InChI=1S/C21H25O9/c1-11-6-8-16(9-7-11)18-20(28-14(4)24)21(29-15(5)25)19(27-13(3)23)17(30-18)10-26-12(2)22/h6-9,17-21H,1,10H2,2-5H3/t17-,18+,19-,20+,21+/m1/s1. The van der Waals surface area contributed by atoms with Crippen LogP contribution in [0.5, 0.6) is 0 Å². The molecule has 1 aliphatic heterocycles. The summed E-state index contributed by atoms with van der Waals surface area (Å²) in [6.45, 7) is 8.34. The molecule has 1 fully saturated rings. The van der Waals surface area contributed by atoms with E-state index in [4.69, 9.17) is 23.7 Å². The molecule has 1 aliphatic rings. The second-order valence-corrected chi connectivity index (χ2v) is 6.86. The van der Waals surface area contributed by atoms with Crippen molar-refractivity contribution in [2.45, 2.75) is 58.2 Å². The van der Waals surface area contributed by atoms with Crippen molar-refractivity contribution in [3.05, 3.63) is 42.3 Å². The lowest BCUT2D eigenvalue weighted by Gasteiger charge is -2.44. The zero-order chi connectivity index (χ0) is 22.4. The van der Waals surface area contributed by atoms with Crippen LogP contribution in [0.25, 0.3) is 0 Å². The number of ether oxygens (including phenoxy) is 5. The van der Waals surface area contributed by atoms with E-state index >= 15 is 0 Å². The van der Waals surface area contributed by atoms with Gasteiger partial charge in [0.1, 0.15) is 18.8 Å². The van der Waals surface area contributed by atoms with E-state index in [1.54, 1.807) is 24.3 Å². The van der Waals surface area contributed by atoms with Crippen LogP contribution < -0.4 is 0 Å². The summed E-state index contributed by atoms with van der Waals surface area (Å²) in [5.41, 5.74) is 1.37. The van der Waals surface area contributed by atoms with E-state index in [-0.39, 0.29) is 6.61 Å². The molecule has 0 spiro atoms. The number of carbonyl (C=O) groups excluding carboxylic acids is 4. The topological polar surface area (TPSA) is 114 Å². The number of hydrogen-bond acceptors (Lipinski definition) is 9. The molecular weight excluding hydrogens is 396 g/mol. The van der Waals surface area contributed by atoms with E-state index in [1.165, 1.54) is 27.7 Å². The van der Waals surface area contributed by atoms with Gasteiger partial charge in [-0.1, -0.05) is 24.3 Å². The highest BCUT2D eigenvalue weighted by molar-refractivity contribution is 5.68. The summed E-state index contributed by atoms with van der Waals surface area (Å²) in [4.78, 5) is 46.6. The molecule has 1 aromatic carbocycles. The van der Waals surface area contributed by atoms with Crippen molar-refractivity contribution >= 4 is 23.9 Å². The van der Waals surface area contributed by atoms with Crippen molar-refractivity contribution in [2.24, 2.45) is 0 Å². The Labute approximate surface area is 174 Å². The second-order valence-electron chi connectivity index (χ2n) is 6.86. The average Bonchev–Trinajstić information content (AvgIpc) is 2.63. The van der Waals surface area contributed by atoms with Gasteiger partial charge in [-0.2, -0.15) is 0 Å². The van der Waals surface area contributed by atoms with Crippen LogP contribution in [0.1, 0.15) is 44.9 Å². The van der Waals surface area contributed by atoms with Gasteiger partial charge < -0.3 is 23.7 Å². The van der Waals surface area contributed by atoms with Crippen LogP contribution in [0.3, 0.4) is 0 Å². The van der Waals surface area contributed by atoms with Gasteiger partial charge in [-0.25, -0.2) is 0 Å². The zero-order valence-corrected chi connectivity index (χ0v) is 17.3. The minimum Gasteiger partial charge on any atom is -0.463 e. The molecule has 0 aliphatic carbocycles. The summed E-state index contributed by atoms with van der Waals surface area (Å²) >= 11 is 0. The van der Waals surface area contributed by atoms with Crippen LogP contribution >= 0.6 is 0 Å². The van der Waals surface area contributed by atoms with Crippen LogP contribution in [-0.4, -0.2) is 54.9 Å². The summed E-state index contributed by atoms with van der Waals surface area (Å²) in [6, 6.07) is 6.93. The maximum absolute atomic E-state index is 11.8. The van der Waals surface area contributed by atoms with E-state index < -0.39 is 54.4 Å². The third kappa shape index (κ3) is 6.28. The number of carbonyl (C=O) groups is 4. The fraction of sp³-hybridized carbons (Fsp3) is 0.476. The maximum Gasteiger partial charge on any atom is 0.303 e. The number of benzene rings is 1. The van der Waals surface area contributed by atoms with Crippen molar-refractivity contribution in [1.82, 2.24) is 0 Å². The fourth-order valence-electron chi connectivity index (χ4n) is 3.20. The molecule has 1 saturated heterocycles. The molecule has 0 bridgehead atoms. The van der Waals surface area contributed by atoms with Gasteiger partial charge in [0.05, 0.1) is 0 Å². The first kappa shape index (κ1) is 23.3. The smallest absolute Gasteiger partial charge is 0.303 e. The van der Waals surface area contributed by atoms with Gasteiger partial charge in [-0.3, -0.25) is 19.2 Å². The van der Waals surface area contributed by atoms with E-state index in [1.807, 2.05) is 0 Å². The molecule has 5 atom stereocenters. The quantitative estimate of drug-likeness (QED) is 0.500. The van der Waals surface area contributed by atoms with Crippen molar-refractivity contribution in [2.75, 3.05) is 6.61 Å². The predicted octanol–water partition coefficient (Wildman–Crippen LogP) is 1.67. The Morgan fingerprint density at radius 2 is 1.30 bits per heavy atom. The molecule has 1 aromatic rings. The lowest BCUT2D eigenvalue weighted by Crippen LogP contribution is -2.59. The summed E-state index contributed by atoms with van der Waals surface area (Å²) in [5.74, 6) is -2.55. The van der Waals surface area contributed by atoms with E-state index in [9.17, 15) is 19.2 Å². The van der Waals surface area contributed by atoms with Gasteiger partial charge in [-0.15, -0.1) is 0 Å². The normalized spacial score (nSPS) is 25.7. The number of hydrogen-bond donors (Lipinski definition) is 0. The van der Waals surface area contributed by atoms with E-state index in [2.05, 4.69) is 6.92 Å². The highest BCUT2D eigenvalue weighted by Gasteiger charge is 2.52. The molecule has 2 rings (SSSR count). The second kappa shape index (κ2) is 10.2. The zero-order valence-electron chi connectivity index (χ0n) is 17.3. The molecule has 0 unspecified atom stereocenters. The SMILES string of the molecule is [CH2]c1ccc([C@@H]2O[C@H](COC(C)=O)[C@@H](OC(C)=O)[C@H](OC(C)=O)[C@H]2OC(C)=O)cc1. The summed E-state index contributed by atoms with van der Waals surface area (Å²) in [7, 11) is 0. The van der Waals surface area contributed by atoms with Gasteiger partial charge >= 0.3 is 23.9 Å². The fourth-order valence-corrected chi connectivity index (χ4v) is 3.20. The lowest BCUT2D eigenvalue weighted by molar-refractivity contribution is -0.254. The first-order valence-corrected chi connectivity index (χ1v) is 9.31. The Morgan fingerprint density at radius 3 is 1.80 bits per heavy atom. The molecule has 163 valence electrons. The van der Waals surface area contributed by atoms with Crippen LogP contribution in [0, 0.1) is 6.92 Å². The largest absolute Gasteiger partial charge is 0.463 e. The van der Waals surface area contributed by atoms with Crippen LogP contribution in [0.2, 0.25) is 0 Å². The molecule has 9 nitrogen and oxygen atoms in total. The van der Waals surface area contributed by atoms with Crippen LogP contribution in [0.4, 0.5) is 0 Å². The van der Waals surface area contributed by atoms with Gasteiger partial charge in [0, 0.05) is 27.7 Å². The van der Waals surface area contributed by atoms with Gasteiger partial charge in [0.2, 0.25) is 0 Å². The summed E-state index contributed by atoms with van der Waals surface area (Å²) in [5, 5.41) is 0. The van der Waals surface area contributed by atoms with Crippen molar-refractivity contribution in [3.8, 4) is 0 Å². The van der Waals surface area contributed by atoms with Crippen LogP contribution in [0.15, 0.2) is 24.3 Å². The Hall–Kier alpha value is -2.94. The molecule has 9 heteroatoms. The molecule has 0 N–H and O–H groups in total. The predicted molar refractivity (Wildman–Crippen MR) is 102 cm³/mol. The van der Waals surface area contributed by atoms with Gasteiger partial charge in [-0.05, 0) is 18.1 Å². The molecule has 0 saturated carbocycles. The van der Waals surface area contributed by atoms with Crippen molar-refractivity contribution < 1.29 is 42.9 Å². The highest BCUT2D eigenvalue weighted by atomic mass is 16.7. The Kier molecular flexibility index (Phi) is 7.93. The molecular formula is C21H25O9. The third-order valence-corrected chi connectivity index (χ3v) is 4.30. The summed E-state index contributed by atoms with van der Waals surface area (Å²) in [6.07, 6.45) is -5.32. The van der Waals surface area contributed by atoms with Crippen molar-refractivity contribution in [3.63, 3.8) is 0 Å². The summed E-state index contributed by atoms with van der Waals surface area (Å²) < 4.78 is 27.3. The Morgan fingerprint density at radius 1 is 0.800 bits per heavy atom. The first-order chi connectivity index (χ1) is 14.1. The van der Waals surface area contributed by atoms with Crippen LogP contribution in [-0.2, 0) is 42.9 Å². The van der Waals surface area contributed by atoms with Crippen molar-refractivity contribution in [1.29, 1.82) is 0 Å². The highest BCUT2D eigenvalue weighted by Crippen LogP contribution is 2.37. The van der Waals surface area contributed by atoms with Gasteiger partial charge in [0.25, 0.3) is 0 Å². The van der Waals surface area contributed by atoms with E-state index in [0.717, 1.165) is 5.56 Å². The number of esters is 4. The average molecular weight is 421 g/mol. The lowest BCUT2D eigenvalue weighted by atomic mass is 9.90. The third-order valence-electron chi connectivity index (χ3n) is 4.30. The minimum absolute atomic E-state index is 0.262. The maximum atomic E-state index is 11.8. The van der Waals surface area contributed by atoms with Gasteiger partial charge in [0.15, 0.2) is 18.3 Å². The Balaban J connectivity index is 2.51. The van der Waals surface area contributed by atoms with E-state index in [0.29, 0.717) is 5.56 Å². The molecule has 1 radical (unpaired) electrons. The Bertz CT molecular complexity index is 786. The first-order valence-electron chi connectivity index (χ1n) is 9.31. The molecule has 0 amide bonds. The molecule has 0 aromatic heterocycles. The monoisotopic (exact) mass is 421 g/mol. The minimum atomic E-state index is -1.19. The molecule has 1 heterocycles. The molecule has 30 heavy (non-hydrogen) atoms.